The zero-order valence-electron chi connectivity index (χ0n) is 23.7. The largest absolute Gasteiger partial charge is 0.487 e. The number of halogens is 1. The Labute approximate surface area is 241 Å². The van der Waals surface area contributed by atoms with E-state index in [-0.39, 0.29) is 54.3 Å². The van der Waals surface area contributed by atoms with Crippen molar-refractivity contribution in [2.45, 2.75) is 70.8 Å². The molecule has 0 radical (unpaired) electrons. The smallest absolute Gasteiger partial charge is 0.222 e. The van der Waals surface area contributed by atoms with Crippen LogP contribution in [0.2, 0.25) is 0 Å². The van der Waals surface area contributed by atoms with Crippen LogP contribution in [0.5, 0.6) is 5.75 Å². The summed E-state index contributed by atoms with van der Waals surface area (Å²) in [6.45, 7) is 4.75. The van der Waals surface area contributed by atoms with E-state index >= 15 is 0 Å². The molecule has 218 valence electrons. The summed E-state index contributed by atoms with van der Waals surface area (Å²) in [6.07, 6.45) is 8.77. The van der Waals surface area contributed by atoms with Gasteiger partial charge in [0.25, 0.3) is 0 Å². The first kappa shape index (κ1) is 30.3. The molecule has 1 N–H and O–H groups in total. The molecule has 0 saturated carbocycles. The predicted molar refractivity (Wildman–Crippen MR) is 151 cm³/mol. The second kappa shape index (κ2) is 14.8. The molecule has 4 rings (SSSR count). The second-order valence-corrected chi connectivity index (χ2v) is 11.4. The zero-order chi connectivity index (χ0) is 29.2. The van der Waals surface area contributed by atoms with Crippen LogP contribution in [0.4, 0.5) is 4.39 Å². The van der Waals surface area contributed by atoms with Gasteiger partial charge in [-0.3, -0.25) is 14.6 Å². The summed E-state index contributed by atoms with van der Waals surface area (Å²) in [7, 11) is 0. The summed E-state index contributed by atoms with van der Waals surface area (Å²) in [6, 6.07) is 7.86. The topological polar surface area (TPSA) is 112 Å². The monoisotopic (exact) mass is 562 g/mol. The van der Waals surface area contributed by atoms with E-state index in [1.54, 1.807) is 24.4 Å². The molecule has 2 aliphatic heterocycles. The lowest BCUT2D eigenvalue weighted by molar-refractivity contribution is -0.135. The van der Waals surface area contributed by atoms with Gasteiger partial charge in [0.05, 0.1) is 11.8 Å². The number of hydrogen-bond acceptors (Lipinski definition) is 7. The van der Waals surface area contributed by atoms with Crippen LogP contribution in [0, 0.1) is 29.0 Å². The van der Waals surface area contributed by atoms with E-state index in [2.05, 4.69) is 10.3 Å². The molecule has 2 aliphatic rings. The number of aromatic nitrogens is 1. The van der Waals surface area contributed by atoms with E-state index in [9.17, 15) is 18.8 Å². The molecule has 1 aromatic heterocycles. The van der Waals surface area contributed by atoms with E-state index in [1.807, 2.05) is 4.90 Å². The van der Waals surface area contributed by atoms with E-state index in [4.69, 9.17) is 10.00 Å². The standard InChI is InChI=1S/C32H39FN4O4/c1-22(38)13-27(28-15-29(19-36-18-28)41-21-24-4-6-25(17-34)30(33)14-24)16-31(39)26-3-2-12-37(20-26)32(40)7-5-23-8-10-35-11-9-23/h4,6,14-15,18-19,23,26-27,35H,2-3,5,7-13,16,20-21H2,1H3/t26-,27-/m1/s1. The van der Waals surface area contributed by atoms with Crippen LogP contribution in [0.15, 0.2) is 36.7 Å². The Hall–Kier alpha value is -3.64. The Bertz CT molecular complexity index is 1270. The van der Waals surface area contributed by atoms with Crippen molar-refractivity contribution in [3.63, 3.8) is 0 Å². The Balaban J connectivity index is 1.35. The highest BCUT2D eigenvalue weighted by molar-refractivity contribution is 5.85. The molecule has 0 aliphatic carbocycles. The second-order valence-electron chi connectivity index (χ2n) is 11.4. The highest BCUT2D eigenvalue weighted by atomic mass is 19.1. The molecule has 2 aromatic rings. The molecule has 1 amide bonds. The fourth-order valence-electron chi connectivity index (χ4n) is 5.83. The van der Waals surface area contributed by atoms with Gasteiger partial charge in [-0.2, -0.15) is 5.26 Å². The number of piperidine rings is 2. The number of nitriles is 1. The van der Waals surface area contributed by atoms with Gasteiger partial charge >= 0.3 is 0 Å². The van der Waals surface area contributed by atoms with Crippen molar-refractivity contribution < 1.29 is 23.5 Å². The molecule has 2 atom stereocenters. The lowest BCUT2D eigenvalue weighted by Gasteiger charge is -2.33. The van der Waals surface area contributed by atoms with Crippen molar-refractivity contribution in [3.8, 4) is 11.8 Å². The van der Waals surface area contributed by atoms with Gasteiger partial charge in [-0.25, -0.2) is 4.39 Å². The van der Waals surface area contributed by atoms with Gasteiger partial charge in [-0.1, -0.05) is 6.07 Å². The first-order valence-electron chi connectivity index (χ1n) is 14.6. The molecule has 0 bridgehead atoms. The molecule has 41 heavy (non-hydrogen) atoms. The molecule has 3 heterocycles. The van der Waals surface area contributed by atoms with E-state index in [1.165, 1.54) is 25.3 Å². The van der Waals surface area contributed by atoms with Gasteiger partial charge in [0.2, 0.25) is 5.91 Å². The lowest BCUT2D eigenvalue weighted by atomic mass is 9.84. The number of benzene rings is 1. The maximum absolute atomic E-state index is 13.9. The summed E-state index contributed by atoms with van der Waals surface area (Å²) in [5.41, 5.74) is 1.26. The molecule has 1 aromatic carbocycles. The normalized spacial score (nSPS) is 18.4. The lowest BCUT2D eigenvalue weighted by Crippen LogP contribution is -2.42. The molecular formula is C32H39FN4O4. The van der Waals surface area contributed by atoms with Gasteiger partial charge < -0.3 is 19.7 Å². The van der Waals surface area contributed by atoms with Gasteiger partial charge in [0.1, 0.15) is 35.8 Å². The first-order chi connectivity index (χ1) is 19.8. The van der Waals surface area contributed by atoms with Gasteiger partial charge in [-0.05, 0) is 93.3 Å². The summed E-state index contributed by atoms with van der Waals surface area (Å²) in [5.74, 6) is 0.00810. The number of ether oxygens (including phenoxy) is 1. The first-order valence-corrected chi connectivity index (χ1v) is 14.6. The minimum atomic E-state index is -0.606. The van der Waals surface area contributed by atoms with Crippen LogP contribution >= 0.6 is 0 Å². The number of Topliss-reactive ketones (excluding diaryl/α,β-unsaturated/α-hetero) is 2. The fourth-order valence-corrected chi connectivity index (χ4v) is 5.83. The summed E-state index contributed by atoms with van der Waals surface area (Å²) in [4.78, 5) is 44.6. The van der Waals surface area contributed by atoms with Crippen LogP contribution < -0.4 is 10.1 Å². The number of amides is 1. The Morgan fingerprint density at radius 2 is 1.98 bits per heavy atom. The Morgan fingerprint density at radius 3 is 2.71 bits per heavy atom. The molecule has 2 fully saturated rings. The maximum atomic E-state index is 13.9. The third-order valence-corrected chi connectivity index (χ3v) is 8.20. The minimum absolute atomic E-state index is 0.0273. The van der Waals surface area contributed by atoms with E-state index < -0.39 is 5.82 Å². The van der Waals surface area contributed by atoms with Crippen LogP contribution in [-0.2, 0) is 21.0 Å². The highest BCUT2D eigenvalue weighted by Crippen LogP contribution is 2.30. The van der Waals surface area contributed by atoms with Gasteiger partial charge in [0, 0.05) is 44.5 Å². The molecular weight excluding hydrogens is 523 g/mol. The zero-order valence-corrected chi connectivity index (χ0v) is 23.7. The van der Waals surface area contributed by atoms with Crippen molar-refractivity contribution in [1.82, 2.24) is 15.2 Å². The van der Waals surface area contributed by atoms with Crippen molar-refractivity contribution in [2.75, 3.05) is 26.2 Å². The molecule has 9 heteroatoms. The average Bonchev–Trinajstić information content (AvgIpc) is 2.99. The number of ketones is 2. The Morgan fingerprint density at radius 1 is 1.17 bits per heavy atom. The third kappa shape index (κ3) is 8.92. The number of carbonyl (C=O) groups is 3. The number of nitrogens with zero attached hydrogens (tertiary/aromatic N) is 3. The van der Waals surface area contributed by atoms with Crippen LogP contribution in [-0.4, -0.2) is 53.5 Å². The SMILES string of the molecule is CC(=O)C[C@H](CC(=O)[C@@H]1CCCN(C(=O)CCC2CCNCC2)C1)c1cncc(OCc2ccc(C#N)c(F)c2)c1. The average molecular weight is 563 g/mol. The van der Waals surface area contributed by atoms with Crippen molar-refractivity contribution in [1.29, 1.82) is 5.26 Å². The van der Waals surface area contributed by atoms with Gasteiger partial charge in [-0.15, -0.1) is 0 Å². The maximum Gasteiger partial charge on any atom is 0.222 e. The molecule has 0 spiro atoms. The number of rotatable bonds is 12. The van der Waals surface area contributed by atoms with Crippen molar-refractivity contribution >= 4 is 17.5 Å². The summed E-state index contributed by atoms with van der Waals surface area (Å²) >= 11 is 0. The number of carbonyl (C=O) groups excluding carboxylic acids is 3. The van der Waals surface area contributed by atoms with E-state index in [0.29, 0.717) is 36.7 Å². The Kier molecular flexibility index (Phi) is 11.0. The quantitative estimate of drug-likeness (QED) is 0.399. The number of nitrogens with one attached hydrogen (secondary N) is 1. The minimum Gasteiger partial charge on any atom is -0.487 e. The third-order valence-electron chi connectivity index (χ3n) is 8.20. The molecule has 8 nitrogen and oxygen atoms in total. The van der Waals surface area contributed by atoms with Crippen LogP contribution in [0.1, 0.15) is 80.9 Å². The molecule has 0 unspecified atom stereocenters. The van der Waals surface area contributed by atoms with Gasteiger partial charge in [0.15, 0.2) is 0 Å². The van der Waals surface area contributed by atoms with Crippen molar-refractivity contribution in [2.24, 2.45) is 11.8 Å². The van der Waals surface area contributed by atoms with Crippen molar-refractivity contribution in [3.05, 3.63) is 59.2 Å². The van der Waals surface area contributed by atoms with Crippen LogP contribution in [0.3, 0.4) is 0 Å². The number of likely N-dealkylation sites (tertiary alicyclic amines) is 1. The number of pyridine rings is 1. The summed E-state index contributed by atoms with van der Waals surface area (Å²) < 4.78 is 19.8. The summed E-state index contributed by atoms with van der Waals surface area (Å²) in [5, 5.41) is 12.3. The predicted octanol–water partition coefficient (Wildman–Crippen LogP) is 4.71. The highest BCUT2D eigenvalue weighted by Gasteiger charge is 2.30. The molecule has 2 saturated heterocycles. The number of hydrogen-bond donors (Lipinski definition) is 1. The van der Waals surface area contributed by atoms with Crippen LogP contribution in [0.25, 0.3) is 0 Å². The fraction of sp³-hybridized carbons (Fsp3) is 0.531. The van der Waals surface area contributed by atoms with E-state index in [0.717, 1.165) is 50.8 Å².